The van der Waals surface area contributed by atoms with Crippen LogP contribution >= 0.6 is 0 Å². The number of hydrogen-bond acceptors (Lipinski definition) is 5. The Morgan fingerprint density at radius 2 is 1.90 bits per heavy atom. The lowest BCUT2D eigenvalue weighted by Gasteiger charge is -2.36. The first-order chi connectivity index (χ1) is 13.9. The van der Waals surface area contributed by atoms with Crippen molar-refractivity contribution in [1.29, 1.82) is 5.26 Å². The molecule has 2 aromatic carbocycles. The van der Waals surface area contributed by atoms with E-state index in [-0.39, 0.29) is 17.1 Å². The molecule has 3 rings (SSSR count). The van der Waals surface area contributed by atoms with E-state index >= 15 is 0 Å². The first kappa shape index (κ1) is 20.0. The molecule has 7 nitrogen and oxygen atoms in total. The molecule has 0 unspecified atom stereocenters. The molecule has 1 aliphatic rings. The van der Waals surface area contributed by atoms with Crippen LogP contribution in [0.4, 0.5) is 15.8 Å². The summed E-state index contributed by atoms with van der Waals surface area (Å²) in [7, 11) is 0. The fourth-order valence-electron chi connectivity index (χ4n) is 3.25. The molecule has 0 atom stereocenters. The first-order valence-electron chi connectivity index (χ1n) is 9.06. The van der Waals surface area contributed by atoms with Gasteiger partial charge in [-0.1, -0.05) is 24.3 Å². The number of benzene rings is 2. The SMILES string of the molecule is Cc1ccc(/C=C(\C#N)C(=O)N2CCN(c3ccccc3F)CC2)cc1[N+](=O)[O-]. The van der Waals surface area contributed by atoms with E-state index in [1.165, 1.54) is 23.1 Å². The van der Waals surface area contributed by atoms with Crippen molar-refractivity contribution in [3.63, 3.8) is 0 Å². The minimum absolute atomic E-state index is 0.0676. The second-order valence-corrected chi connectivity index (χ2v) is 6.70. The van der Waals surface area contributed by atoms with Gasteiger partial charge in [0.1, 0.15) is 17.5 Å². The highest BCUT2D eigenvalue weighted by Crippen LogP contribution is 2.23. The maximum atomic E-state index is 14.0. The maximum Gasteiger partial charge on any atom is 0.272 e. The van der Waals surface area contributed by atoms with Crippen molar-refractivity contribution in [3.8, 4) is 6.07 Å². The Bertz CT molecular complexity index is 1020. The van der Waals surface area contributed by atoms with Gasteiger partial charge in [0.15, 0.2) is 0 Å². The molecule has 1 fully saturated rings. The number of anilines is 1. The van der Waals surface area contributed by atoms with Crippen LogP contribution in [-0.2, 0) is 4.79 Å². The number of nitrogens with zero attached hydrogens (tertiary/aromatic N) is 4. The number of nitriles is 1. The summed E-state index contributed by atoms with van der Waals surface area (Å²) in [4.78, 5) is 26.7. The highest BCUT2D eigenvalue weighted by atomic mass is 19.1. The minimum Gasteiger partial charge on any atom is -0.366 e. The summed E-state index contributed by atoms with van der Waals surface area (Å²) in [6, 6.07) is 12.9. The zero-order valence-corrected chi connectivity index (χ0v) is 15.8. The summed E-state index contributed by atoms with van der Waals surface area (Å²) in [5.41, 5.74) is 1.24. The standard InChI is InChI=1S/C21H19FN4O3/c1-15-6-7-16(13-20(15)26(28)29)12-17(14-23)21(27)25-10-8-24(9-11-25)19-5-3-2-4-18(19)22/h2-7,12-13H,8-11H2,1H3/b17-12+. The normalized spacial score (nSPS) is 14.4. The maximum absolute atomic E-state index is 14.0. The quantitative estimate of drug-likeness (QED) is 0.343. The number of carbonyl (C=O) groups excluding carboxylic acids is 1. The third-order valence-electron chi connectivity index (χ3n) is 4.85. The number of piperazine rings is 1. The molecule has 1 saturated heterocycles. The van der Waals surface area contributed by atoms with Gasteiger partial charge < -0.3 is 9.80 Å². The van der Waals surface area contributed by atoms with Crippen LogP contribution in [0.5, 0.6) is 0 Å². The van der Waals surface area contributed by atoms with Crippen LogP contribution in [-0.4, -0.2) is 41.9 Å². The van der Waals surface area contributed by atoms with E-state index in [1.807, 2.05) is 11.0 Å². The third kappa shape index (κ3) is 4.41. The smallest absolute Gasteiger partial charge is 0.272 e. The molecule has 0 bridgehead atoms. The second kappa shape index (κ2) is 8.52. The van der Waals surface area contributed by atoms with Crippen molar-refractivity contribution < 1.29 is 14.1 Å². The third-order valence-corrected chi connectivity index (χ3v) is 4.85. The van der Waals surface area contributed by atoms with Crippen LogP contribution < -0.4 is 4.90 Å². The van der Waals surface area contributed by atoms with E-state index in [2.05, 4.69) is 0 Å². The van der Waals surface area contributed by atoms with Crippen molar-refractivity contribution in [2.45, 2.75) is 6.92 Å². The predicted molar refractivity (Wildman–Crippen MR) is 107 cm³/mol. The molecule has 2 aromatic rings. The van der Waals surface area contributed by atoms with Crippen molar-refractivity contribution in [3.05, 3.63) is 75.1 Å². The van der Waals surface area contributed by atoms with Crippen LogP contribution in [0.1, 0.15) is 11.1 Å². The predicted octanol–water partition coefficient (Wildman–Crippen LogP) is 3.30. The monoisotopic (exact) mass is 394 g/mol. The number of nitro benzene ring substituents is 1. The Hall–Kier alpha value is -3.73. The topological polar surface area (TPSA) is 90.5 Å². The average molecular weight is 394 g/mol. The summed E-state index contributed by atoms with van der Waals surface area (Å²) in [6.45, 7) is 3.21. The Labute approximate surface area is 167 Å². The molecular formula is C21H19FN4O3. The van der Waals surface area contributed by atoms with E-state index in [1.54, 1.807) is 37.3 Å². The van der Waals surface area contributed by atoms with Crippen molar-refractivity contribution >= 4 is 23.4 Å². The fourth-order valence-corrected chi connectivity index (χ4v) is 3.25. The van der Waals surface area contributed by atoms with Crippen molar-refractivity contribution in [2.75, 3.05) is 31.1 Å². The average Bonchev–Trinajstić information content (AvgIpc) is 2.73. The molecule has 0 aliphatic carbocycles. The molecular weight excluding hydrogens is 375 g/mol. The van der Waals surface area contributed by atoms with Crippen molar-refractivity contribution in [2.24, 2.45) is 0 Å². The number of carbonyl (C=O) groups is 1. The van der Waals surface area contributed by atoms with Crippen LogP contribution in [0, 0.1) is 34.2 Å². The lowest BCUT2D eigenvalue weighted by atomic mass is 10.1. The van der Waals surface area contributed by atoms with E-state index in [4.69, 9.17) is 0 Å². The van der Waals surface area contributed by atoms with Gasteiger partial charge in [0.2, 0.25) is 0 Å². The molecule has 8 heteroatoms. The molecule has 0 spiro atoms. The number of nitro groups is 1. The number of hydrogen-bond donors (Lipinski definition) is 0. The highest BCUT2D eigenvalue weighted by molar-refractivity contribution is 6.01. The van der Waals surface area contributed by atoms with Gasteiger partial charge in [-0.25, -0.2) is 4.39 Å². The molecule has 29 heavy (non-hydrogen) atoms. The van der Waals surface area contributed by atoms with E-state index in [9.17, 15) is 24.6 Å². The van der Waals surface area contributed by atoms with Crippen molar-refractivity contribution in [1.82, 2.24) is 4.90 Å². The molecule has 1 aliphatic heterocycles. The molecule has 0 radical (unpaired) electrons. The van der Waals surface area contributed by atoms with E-state index in [0.717, 1.165) is 0 Å². The number of rotatable bonds is 4. The Balaban J connectivity index is 1.73. The van der Waals surface area contributed by atoms with Gasteiger partial charge in [-0.05, 0) is 30.7 Å². The molecule has 1 heterocycles. The summed E-state index contributed by atoms with van der Waals surface area (Å²) < 4.78 is 14.0. The van der Waals surface area contributed by atoms with Gasteiger partial charge in [-0.2, -0.15) is 5.26 Å². The molecule has 0 aromatic heterocycles. The van der Waals surface area contributed by atoms with Gasteiger partial charge >= 0.3 is 0 Å². The van der Waals surface area contributed by atoms with E-state index < -0.39 is 10.8 Å². The minimum atomic E-state index is -0.498. The Morgan fingerprint density at radius 1 is 1.21 bits per heavy atom. The van der Waals surface area contributed by atoms with Crippen LogP contribution in [0.2, 0.25) is 0 Å². The molecule has 148 valence electrons. The number of amides is 1. The lowest BCUT2D eigenvalue weighted by Crippen LogP contribution is -2.49. The zero-order chi connectivity index (χ0) is 21.0. The summed E-state index contributed by atoms with van der Waals surface area (Å²) >= 11 is 0. The van der Waals surface area contributed by atoms with Crippen LogP contribution in [0.3, 0.4) is 0 Å². The Morgan fingerprint density at radius 3 is 2.52 bits per heavy atom. The fraction of sp³-hybridized carbons (Fsp3) is 0.238. The molecule has 0 saturated carbocycles. The van der Waals surface area contributed by atoms with Gasteiger partial charge in [-0.15, -0.1) is 0 Å². The first-order valence-corrected chi connectivity index (χ1v) is 9.06. The van der Waals surface area contributed by atoms with Gasteiger partial charge in [0, 0.05) is 37.8 Å². The van der Waals surface area contributed by atoms with Crippen LogP contribution in [0.25, 0.3) is 6.08 Å². The summed E-state index contributed by atoms with van der Waals surface area (Å²) in [5, 5.41) is 20.5. The summed E-state index contributed by atoms with van der Waals surface area (Å²) in [6.07, 6.45) is 1.36. The largest absolute Gasteiger partial charge is 0.366 e. The van der Waals surface area contributed by atoms with Crippen LogP contribution in [0.15, 0.2) is 48.0 Å². The molecule has 0 N–H and O–H groups in total. The van der Waals surface area contributed by atoms with Gasteiger partial charge in [-0.3, -0.25) is 14.9 Å². The number of aryl methyl sites for hydroxylation is 1. The highest BCUT2D eigenvalue weighted by Gasteiger charge is 2.25. The number of halogens is 1. The number of para-hydroxylation sites is 1. The van der Waals surface area contributed by atoms with Gasteiger partial charge in [0.05, 0.1) is 10.6 Å². The second-order valence-electron chi connectivity index (χ2n) is 6.70. The zero-order valence-electron chi connectivity index (χ0n) is 15.8. The molecule has 1 amide bonds. The lowest BCUT2D eigenvalue weighted by molar-refractivity contribution is -0.385. The van der Waals surface area contributed by atoms with E-state index in [0.29, 0.717) is 43.0 Å². The Kier molecular flexibility index (Phi) is 5.88. The van der Waals surface area contributed by atoms with Gasteiger partial charge in [0.25, 0.3) is 11.6 Å². The summed E-state index contributed by atoms with van der Waals surface area (Å²) in [5.74, 6) is -0.755.